The summed E-state index contributed by atoms with van der Waals surface area (Å²) in [7, 11) is 0. The first-order valence-electron chi connectivity index (χ1n) is 8.29. The molecule has 0 bridgehead atoms. The smallest absolute Gasteiger partial charge is 0.350 e. The average Bonchev–Trinajstić information content (AvgIpc) is 3.01. The normalized spacial score (nSPS) is 11.6. The Morgan fingerprint density at radius 1 is 1.33 bits per heavy atom. The van der Waals surface area contributed by atoms with Crippen LogP contribution in [0, 0.1) is 6.92 Å². The molecule has 0 unspecified atom stereocenters. The first-order valence-corrected chi connectivity index (χ1v) is 9.48. The van der Waals surface area contributed by atoms with Crippen molar-refractivity contribution in [3.8, 4) is 10.6 Å². The lowest BCUT2D eigenvalue weighted by Gasteiger charge is -2.13. The Labute approximate surface area is 166 Å². The van der Waals surface area contributed by atoms with Gasteiger partial charge in [0.15, 0.2) is 6.61 Å². The Bertz CT molecular complexity index is 853. The molecule has 0 aliphatic heterocycles. The van der Waals surface area contributed by atoms with E-state index in [0.29, 0.717) is 27.1 Å². The minimum atomic E-state index is -0.712. The maximum atomic E-state index is 12.3. The maximum absolute atomic E-state index is 12.3. The standard InChI is InChI=1S/C18H20ClN3O4S/c1-4-20-16(24)11(3)21-14(23)9-26-18(25)15-10(2)22-17(27-15)12-6-5-7-13(19)8-12/h5-8,11H,4,9H2,1-3H3,(H,20,24)(H,21,23)/t11-/m1/s1. The van der Waals surface area contributed by atoms with Gasteiger partial charge in [0.1, 0.15) is 15.9 Å². The Morgan fingerprint density at radius 3 is 2.74 bits per heavy atom. The van der Waals surface area contributed by atoms with Crippen LogP contribution in [0.25, 0.3) is 10.6 Å². The molecular formula is C18H20ClN3O4S. The molecule has 144 valence electrons. The summed E-state index contributed by atoms with van der Waals surface area (Å²) in [6.07, 6.45) is 0. The molecule has 27 heavy (non-hydrogen) atoms. The molecule has 0 radical (unpaired) electrons. The number of carbonyl (C=O) groups is 3. The van der Waals surface area contributed by atoms with Gasteiger partial charge in [-0.15, -0.1) is 11.3 Å². The minimum Gasteiger partial charge on any atom is -0.451 e. The molecule has 2 N–H and O–H groups in total. The second-order valence-corrected chi connectivity index (χ2v) is 7.14. The summed E-state index contributed by atoms with van der Waals surface area (Å²) < 4.78 is 5.05. The number of esters is 1. The third kappa shape index (κ3) is 5.77. The van der Waals surface area contributed by atoms with E-state index < -0.39 is 24.5 Å². The van der Waals surface area contributed by atoms with E-state index in [4.69, 9.17) is 16.3 Å². The second-order valence-electron chi connectivity index (χ2n) is 5.70. The number of nitrogens with one attached hydrogen (secondary N) is 2. The van der Waals surface area contributed by atoms with Crippen molar-refractivity contribution in [2.24, 2.45) is 0 Å². The molecular weight excluding hydrogens is 390 g/mol. The van der Waals surface area contributed by atoms with Gasteiger partial charge in [0.05, 0.1) is 5.69 Å². The van der Waals surface area contributed by atoms with Crippen molar-refractivity contribution in [3.05, 3.63) is 39.9 Å². The Hall–Kier alpha value is -2.45. The summed E-state index contributed by atoms with van der Waals surface area (Å²) in [5.74, 6) is -1.50. The number of rotatable bonds is 7. The molecule has 9 heteroatoms. The number of halogens is 1. The summed E-state index contributed by atoms with van der Waals surface area (Å²) in [4.78, 5) is 40.4. The highest BCUT2D eigenvalue weighted by atomic mass is 35.5. The molecule has 1 heterocycles. The zero-order chi connectivity index (χ0) is 20.0. The van der Waals surface area contributed by atoms with Gasteiger partial charge < -0.3 is 15.4 Å². The fraction of sp³-hybridized carbons (Fsp3) is 0.333. The van der Waals surface area contributed by atoms with Gasteiger partial charge in [-0.1, -0.05) is 23.7 Å². The van der Waals surface area contributed by atoms with Crippen molar-refractivity contribution in [2.45, 2.75) is 26.8 Å². The van der Waals surface area contributed by atoms with Crippen LogP contribution in [0.3, 0.4) is 0 Å². The van der Waals surface area contributed by atoms with Crippen molar-refractivity contribution < 1.29 is 19.1 Å². The topological polar surface area (TPSA) is 97.4 Å². The van der Waals surface area contributed by atoms with E-state index in [9.17, 15) is 14.4 Å². The lowest BCUT2D eigenvalue weighted by Crippen LogP contribution is -2.46. The van der Waals surface area contributed by atoms with Gasteiger partial charge in [-0.3, -0.25) is 9.59 Å². The number of aryl methyl sites for hydroxylation is 1. The number of amides is 2. The van der Waals surface area contributed by atoms with E-state index in [2.05, 4.69) is 15.6 Å². The van der Waals surface area contributed by atoms with Gasteiger partial charge in [0, 0.05) is 17.1 Å². The fourth-order valence-corrected chi connectivity index (χ4v) is 3.35. The molecule has 0 saturated heterocycles. The van der Waals surface area contributed by atoms with E-state index >= 15 is 0 Å². The third-order valence-corrected chi connectivity index (χ3v) is 4.93. The summed E-state index contributed by atoms with van der Waals surface area (Å²) in [6.45, 7) is 5.01. The number of hydrogen-bond donors (Lipinski definition) is 2. The van der Waals surface area contributed by atoms with Crippen molar-refractivity contribution in [1.82, 2.24) is 15.6 Å². The second kappa shape index (κ2) is 9.48. The molecule has 0 spiro atoms. The number of nitrogens with zero attached hydrogens (tertiary/aromatic N) is 1. The van der Waals surface area contributed by atoms with Crippen LogP contribution in [0.4, 0.5) is 0 Å². The number of ether oxygens (including phenoxy) is 1. The number of thiazole rings is 1. The highest BCUT2D eigenvalue weighted by Crippen LogP contribution is 2.29. The number of aromatic nitrogens is 1. The number of carbonyl (C=O) groups excluding carboxylic acids is 3. The lowest BCUT2D eigenvalue weighted by molar-refractivity contribution is -0.130. The average molecular weight is 410 g/mol. The van der Waals surface area contributed by atoms with Crippen molar-refractivity contribution >= 4 is 40.7 Å². The molecule has 0 fully saturated rings. The van der Waals surface area contributed by atoms with Crippen LogP contribution in [-0.4, -0.2) is 42.0 Å². The van der Waals surface area contributed by atoms with Crippen LogP contribution in [0.2, 0.25) is 5.02 Å². The molecule has 1 aromatic heterocycles. The molecule has 1 aromatic carbocycles. The molecule has 0 aliphatic rings. The van der Waals surface area contributed by atoms with Crippen LogP contribution in [0.1, 0.15) is 29.2 Å². The molecule has 7 nitrogen and oxygen atoms in total. The highest BCUT2D eigenvalue weighted by Gasteiger charge is 2.20. The van der Waals surface area contributed by atoms with Crippen LogP contribution >= 0.6 is 22.9 Å². The molecule has 2 amide bonds. The largest absolute Gasteiger partial charge is 0.451 e. The predicted octanol–water partition coefficient (Wildman–Crippen LogP) is 2.57. The SMILES string of the molecule is CCNC(=O)[C@@H](C)NC(=O)COC(=O)c1sc(-c2cccc(Cl)c2)nc1C. The van der Waals surface area contributed by atoms with E-state index in [0.717, 1.165) is 5.56 Å². The van der Waals surface area contributed by atoms with E-state index in [1.54, 1.807) is 39.0 Å². The van der Waals surface area contributed by atoms with Crippen LogP contribution < -0.4 is 10.6 Å². The number of likely N-dealkylation sites (N-methyl/N-ethyl adjacent to an activating group) is 1. The maximum Gasteiger partial charge on any atom is 0.350 e. The van der Waals surface area contributed by atoms with Gasteiger partial charge in [0.2, 0.25) is 5.91 Å². The third-order valence-electron chi connectivity index (χ3n) is 3.51. The fourth-order valence-electron chi connectivity index (χ4n) is 2.20. The van der Waals surface area contributed by atoms with Gasteiger partial charge in [-0.25, -0.2) is 9.78 Å². The van der Waals surface area contributed by atoms with Crippen molar-refractivity contribution in [3.63, 3.8) is 0 Å². The van der Waals surface area contributed by atoms with Crippen LogP contribution in [0.5, 0.6) is 0 Å². The minimum absolute atomic E-state index is 0.304. The van der Waals surface area contributed by atoms with Gasteiger partial charge >= 0.3 is 5.97 Å². The van der Waals surface area contributed by atoms with Gasteiger partial charge in [-0.05, 0) is 32.9 Å². The summed E-state index contributed by atoms with van der Waals surface area (Å²) >= 11 is 7.15. The Morgan fingerprint density at radius 2 is 2.07 bits per heavy atom. The van der Waals surface area contributed by atoms with Crippen molar-refractivity contribution in [2.75, 3.05) is 13.2 Å². The van der Waals surface area contributed by atoms with Gasteiger partial charge in [-0.2, -0.15) is 0 Å². The van der Waals surface area contributed by atoms with Gasteiger partial charge in [0.25, 0.3) is 5.91 Å². The number of benzene rings is 1. The highest BCUT2D eigenvalue weighted by molar-refractivity contribution is 7.17. The Kier molecular flexibility index (Phi) is 7.32. The van der Waals surface area contributed by atoms with E-state index in [-0.39, 0.29) is 5.91 Å². The molecule has 0 saturated carbocycles. The summed E-state index contributed by atoms with van der Waals surface area (Å²) in [6, 6.07) is 6.43. The monoisotopic (exact) mass is 409 g/mol. The van der Waals surface area contributed by atoms with Crippen molar-refractivity contribution in [1.29, 1.82) is 0 Å². The van der Waals surface area contributed by atoms with Crippen LogP contribution in [0.15, 0.2) is 24.3 Å². The quantitative estimate of drug-likeness (QED) is 0.685. The molecule has 2 rings (SSSR count). The molecule has 0 aliphatic carbocycles. The number of hydrogen-bond acceptors (Lipinski definition) is 6. The Balaban J connectivity index is 1.96. The lowest BCUT2D eigenvalue weighted by atomic mass is 10.2. The van der Waals surface area contributed by atoms with E-state index in [1.165, 1.54) is 11.3 Å². The zero-order valence-electron chi connectivity index (χ0n) is 15.2. The molecule has 2 aromatic rings. The summed E-state index contributed by atoms with van der Waals surface area (Å²) in [5.41, 5.74) is 1.30. The predicted molar refractivity (Wildman–Crippen MR) is 104 cm³/mol. The van der Waals surface area contributed by atoms with E-state index in [1.807, 2.05) is 6.07 Å². The first-order chi connectivity index (χ1) is 12.8. The molecule has 1 atom stereocenters. The van der Waals surface area contributed by atoms with Crippen LogP contribution in [-0.2, 0) is 14.3 Å². The first kappa shape index (κ1) is 20.9. The zero-order valence-corrected chi connectivity index (χ0v) is 16.7. The summed E-state index contributed by atoms with van der Waals surface area (Å²) in [5, 5.41) is 6.27.